The van der Waals surface area contributed by atoms with Crippen LogP contribution >= 0.6 is 11.8 Å². The first-order valence-corrected chi connectivity index (χ1v) is 10.5. The van der Waals surface area contributed by atoms with Gasteiger partial charge in [-0.1, -0.05) is 18.2 Å². The van der Waals surface area contributed by atoms with Gasteiger partial charge in [-0.05, 0) is 55.4 Å². The van der Waals surface area contributed by atoms with Gasteiger partial charge in [-0.2, -0.15) is 0 Å². The summed E-state index contributed by atoms with van der Waals surface area (Å²) in [6.45, 7) is 2.86. The van der Waals surface area contributed by atoms with Gasteiger partial charge in [0.1, 0.15) is 12.3 Å². The van der Waals surface area contributed by atoms with E-state index in [0.29, 0.717) is 17.3 Å². The van der Waals surface area contributed by atoms with Gasteiger partial charge in [-0.3, -0.25) is 29.4 Å². The maximum Gasteiger partial charge on any atom is 0.343 e. The number of imide groups is 1. The summed E-state index contributed by atoms with van der Waals surface area (Å²) in [5.41, 5.74) is 0.351. The third kappa shape index (κ3) is 6.04. The number of rotatable bonds is 7. The average molecular weight is 470 g/mol. The molecule has 2 amide bonds. The Bertz CT molecular complexity index is 1160. The molecule has 3 rings (SSSR count). The smallest absolute Gasteiger partial charge is 0.343 e. The fourth-order valence-electron chi connectivity index (χ4n) is 2.76. The molecule has 33 heavy (non-hydrogen) atoms. The molecule has 0 atom stereocenters. The molecule has 1 fully saturated rings. The topological polar surface area (TPSA) is 133 Å². The first-order chi connectivity index (χ1) is 15.6. The van der Waals surface area contributed by atoms with Gasteiger partial charge in [-0.25, -0.2) is 4.79 Å². The lowest BCUT2D eigenvalue weighted by Gasteiger charge is -2.13. The van der Waals surface area contributed by atoms with Crippen LogP contribution in [0.5, 0.6) is 5.75 Å². The predicted octanol–water partition coefficient (Wildman–Crippen LogP) is 3.80. The Labute approximate surface area is 192 Å². The van der Waals surface area contributed by atoms with Crippen molar-refractivity contribution in [3.05, 3.63) is 74.7 Å². The number of nitro benzene ring substituents is 1. The van der Waals surface area contributed by atoms with E-state index in [2.05, 4.69) is 0 Å². The van der Waals surface area contributed by atoms with E-state index in [1.165, 1.54) is 36.4 Å². The van der Waals surface area contributed by atoms with Crippen LogP contribution in [-0.4, -0.2) is 45.6 Å². The van der Waals surface area contributed by atoms with Crippen molar-refractivity contribution >= 4 is 46.6 Å². The Hall–Kier alpha value is -3.99. The molecule has 2 aromatic carbocycles. The van der Waals surface area contributed by atoms with E-state index in [-0.39, 0.29) is 28.0 Å². The highest BCUT2D eigenvalue weighted by molar-refractivity contribution is 8.18. The van der Waals surface area contributed by atoms with Crippen molar-refractivity contribution in [2.75, 3.05) is 6.54 Å². The fourth-order valence-corrected chi connectivity index (χ4v) is 3.60. The van der Waals surface area contributed by atoms with Gasteiger partial charge >= 0.3 is 11.9 Å². The zero-order chi connectivity index (χ0) is 24.1. The number of benzene rings is 2. The van der Waals surface area contributed by atoms with Crippen molar-refractivity contribution in [1.82, 2.24) is 4.90 Å². The molecular formula is C22H18N2O8S. The number of hydrogen-bond donors (Lipinski definition) is 0. The number of ether oxygens (including phenoxy) is 2. The van der Waals surface area contributed by atoms with Crippen molar-refractivity contribution in [3.8, 4) is 5.75 Å². The number of thioether (sulfide) groups is 1. The minimum Gasteiger partial charge on any atom is -0.462 e. The second kappa shape index (κ2) is 10.1. The van der Waals surface area contributed by atoms with Crippen LogP contribution in [0.4, 0.5) is 10.5 Å². The van der Waals surface area contributed by atoms with Crippen molar-refractivity contribution in [2.45, 2.75) is 20.0 Å². The van der Waals surface area contributed by atoms with Crippen LogP contribution in [0.25, 0.3) is 6.08 Å². The lowest BCUT2D eigenvalue weighted by molar-refractivity contribution is -0.384. The van der Waals surface area contributed by atoms with Crippen LogP contribution in [0.15, 0.2) is 53.4 Å². The number of carbonyl (C=O) groups excluding carboxylic acids is 4. The normalized spacial score (nSPS) is 14.6. The van der Waals surface area contributed by atoms with Crippen LogP contribution in [0.1, 0.15) is 29.8 Å². The molecule has 0 unspecified atom stereocenters. The van der Waals surface area contributed by atoms with Crippen LogP contribution < -0.4 is 4.74 Å². The number of non-ortho nitro benzene ring substituents is 1. The molecule has 1 aliphatic rings. The first kappa shape index (κ1) is 23.7. The van der Waals surface area contributed by atoms with Crippen LogP contribution in [0.3, 0.4) is 0 Å². The summed E-state index contributed by atoms with van der Waals surface area (Å²) in [5.74, 6) is -1.86. The molecule has 0 spiro atoms. The largest absolute Gasteiger partial charge is 0.462 e. The predicted molar refractivity (Wildman–Crippen MR) is 118 cm³/mol. The summed E-state index contributed by atoms with van der Waals surface area (Å²) in [7, 11) is 0. The number of hydrogen-bond acceptors (Lipinski definition) is 9. The van der Waals surface area contributed by atoms with Gasteiger partial charge in [0.25, 0.3) is 16.8 Å². The second-order valence-corrected chi connectivity index (χ2v) is 8.07. The van der Waals surface area contributed by atoms with Gasteiger partial charge in [0.15, 0.2) is 0 Å². The Morgan fingerprint density at radius 3 is 2.48 bits per heavy atom. The van der Waals surface area contributed by atoms with Gasteiger partial charge in [0, 0.05) is 12.1 Å². The first-order valence-electron chi connectivity index (χ1n) is 9.65. The van der Waals surface area contributed by atoms with E-state index in [1.54, 1.807) is 26.0 Å². The highest BCUT2D eigenvalue weighted by atomic mass is 32.2. The van der Waals surface area contributed by atoms with Gasteiger partial charge in [0.2, 0.25) is 0 Å². The summed E-state index contributed by atoms with van der Waals surface area (Å²) in [6.07, 6.45) is 1.11. The lowest BCUT2D eigenvalue weighted by atomic mass is 10.2. The zero-order valence-corrected chi connectivity index (χ0v) is 18.4. The molecule has 0 saturated carbocycles. The van der Waals surface area contributed by atoms with Gasteiger partial charge in [-0.15, -0.1) is 0 Å². The zero-order valence-electron chi connectivity index (χ0n) is 17.5. The Morgan fingerprint density at radius 1 is 1.15 bits per heavy atom. The fraction of sp³-hybridized carbons (Fsp3) is 0.182. The molecule has 0 aromatic heterocycles. The van der Waals surface area contributed by atoms with E-state index in [4.69, 9.17) is 9.47 Å². The number of nitrogens with zero attached hydrogens (tertiary/aromatic N) is 2. The highest BCUT2D eigenvalue weighted by Crippen LogP contribution is 2.32. The third-order valence-electron chi connectivity index (χ3n) is 4.21. The molecule has 0 radical (unpaired) electrons. The van der Waals surface area contributed by atoms with Crippen molar-refractivity contribution in [2.24, 2.45) is 0 Å². The van der Waals surface area contributed by atoms with E-state index in [0.717, 1.165) is 11.0 Å². The standard InChI is InChI=1S/C22H18N2O8S/c1-13(2)31-19(25)12-23-20(26)18(33-22(23)28)10-14-6-8-17(9-7-14)32-21(27)15-4-3-5-16(11-15)24(29)30/h3-11,13H,12H2,1-2H3/b18-10-. The lowest BCUT2D eigenvalue weighted by Crippen LogP contribution is -2.35. The molecule has 10 nitrogen and oxygen atoms in total. The molecule has 170 valence electrons. The Morgan fingerprint density at radius 2 is 1.85 bits per heavy atom. The molecule has 0 N–H and O–H groups in total. The average Bonchev–Trinajstić information content (AvgIpc) is 3.02. The minimum absolute atomic E-state index is 0.0259. The summed E-state index contributed by atoms with van der Waals surface area (Å²) < 4.78 is 10.2. The summed E-state index contributed by atoms with van der Waals surface area (Å²) >= 11 is 0.704. The van der Waals surface area contributed by atoms with Crippen LogP contribution in [0.2, 0.25) is 0 Å². The minimum atomic E-state index is -0.763. The van der Waals surface area contributed by atoms with Crippen LogP contribution in [0, 0.1) is 10.1 Å². The molecule has 1 saturated heterocycles. The number of amides is 2. The van der Waals surface area contributed by atoms with Gasteiger partial charge < -0.3 is 9.47 Å². The monoisotopic (exact) mass is 470 g/mol. The van der Waals surface area contributed by atoms with Crippen molar-refractivity contribution < 1.29 is 33.6 Å². The number of carbonyl (C=O) groups is 4. The van der Waals surface area contributed by atoms with Gasteiger partial charge in [0.05, 0.1) is 21.5 Å². The molecule has 1 heterocycles. The molecule has 0 bridgehead atoms. The summed E-state index contributed by atoms with van der Waals surface area (Å²) in [5, 5.41) is 10.3. The number of esters is 2. The highest BCUT2D eigenvalue weighted by Gasteiger charge is 2.36. The SMILES string of the molecule is CC(C)OC(=O)CN1C(=O)S/C(=C\c2ccc(OC(=O)c3cccc([N+](=O)[O-])c3)cc2)C1=O. The Balaban J connectivity index is 1.66. The molecule has 0 aliphatic carbocycles. The third-order valence-corrected chi connectivity index (χ3v) is 5.12. The van der Waals surface area contributed by atoms with Crippen LogP contribution in [-0.2, 0) is 14.3 Å². The molecule has 1 aliphatic heterocycles. The summed E-state index contributed by atoms with van der Waals surface area (Å²) in [4.78, 5) is 59.8. The van der Waals surface area contributed by atoms with E-state index < -0.39 is 34.6 Å². The van der Waals surface area contributed by atoms with E-state index in [1.807, 2.05) is 0 Å². The van der Waals surface area contributed by atoms with E-state index in [9.17, 15) is 29.3 Å². The van der Waals surface area contributed by atoms with E-state index >= 15 is 0 Å². The summed E-state index contributed by atoms with van der Waals surface area (Å²) in [6, 6.07) is 11.2. The molecular weight excluding hydrogens is 452 g/mol. The molecule has 11 heteroatoms. The maximum atomic E-state index is 12.5. The quantitative estimate of drug-likeness (QED) is 0.195. The maximum absolute atomic E-state index is 12.5. The van der Waals surface area contributed by atoms with Crippen molar-refractivity contribution in [3.63, 3.8) is 0 Å². The molecule has 2 aromatic rings. The van der Waals surface area contributed by atoms with Crippen molar-refractivity contribution in [1.29, 1.82) is 0 Å². The Kier molecular flexibility index (Phi) is 7.23. The second-order valence-electron chi connectivity index (χ2n) is 7.07. The number of nitro groups is 1.